The molecule has 156 valence electrons. The summed E-state index contributed by atoms with van der Waals surface area (Å²) >= 11 is 1.67. The third-order valence-electron chi connectivity index (χ3n) is 3.90. The number of carbonyl (C=O) groups is 1. The maximum atomic E-state index is 12.5. The first-order valence-electron chi connectivity index (χ1n) is 9.15. The van der Waals surface area contributed by atoms with Crippen LogP contribution in [0, 0.1) is 6.92 Å². The van der Waals surface area contributed by atoms with Crippen LogP contribution in [0.1, 0.15) is 30.0 Å². The van der Waals surface area contributed by atoms with Gasteiger partial charge in [-0.3, -0.25) is 0 Å². The van der Waals surface area contributed by atoms with E-state index in [1.54, 1.807) is 18.7 Å². The molecule has 0 bridgehead atoms. The van der Waals surface area contributed by atoms with Gasteiger partial charge in [0, 0.05) is 10.6 Å². The molecule has 0 aliphatic rings. The van der Waals surface area contributed by atoms with Gasteiger partial charge in [-0.25, -0.2) is 4.79 Å². The Morgan fingerprint density at radius 2 is 1.86 bits per heavy atom. The zero-order valence-electron chi connectivity index (χ0n) is 16.3. The largest absolute Gasteiger partial charge is 0.482 e. The summed E-state index contributed by atoms with van der Waals surface area (Å²) in [5.41, 5.74) is 1.02. The van der Waals surface area contributed by atoms with Crippen molar-refractivity contribution in [3.63, 3.8) is 0 Å². The van der Waals surface area contributed by atoms with Crippen molar-refractivity contribution in [2.45, 2.75) is 31.3 Å². The number of esters is 1. The maximum absolute atomic E-state index is 12.5. The molecular formula is C22H23F3O3S. The maximum Gasteiger partial charge on any atom is 0.416 e. The molecule has 0 amide bonds. The Balaban J connectivity index is 1.78. The van der Waals surface area contributed by atoms with Gasteiger partial charge in [0.15, 0.2) is 6.61 Å². The van der Waals surface area contributed by atoms with E-state index in [0.29, 0.717) is 12.4 Å². The van der Waals surface area contributed by atoms with Gasteiger partial charge in [-0.15, -0.1) is 11.8 Å². The number of hydrogen-bond donors (Lipinski definition) is 0. The van der Waals surface area contributed by atoms with Gasteiger partial charge >= 0.3 is 12.1 Å². The van der Waals surface area contributed by atoms with E-state index in [0.717, 1.165) is 40.3 Å². The molecule has 0 saturated carbocycles. The van der Waals surface area contributed by atoms with E-state index in [1.165, 1.54) is 12.1 Å². The lowest BCUT2D eigenvalue weighted by Crippen LogP contribution is -2.14. The standard InChI is InChI=1S/C22H23F3O3S/c1-3-27-21(26)15-28-20-12-11-19(14-16(20)2)29-13-5-4-6-17-7-9-18(10-8-17)22(23,24)25/h4,6-12,14H,3,5,13,15H2,1-2H3. The number of hydrogen-bond acceptors (Lipinski definition) is 4. The minimum atomic E-state index is -4.31. The average molecular weight is 424 g/mol. The van der Waals surface area contributed by atoms with Crippen molar-refractivity contribution in [2.75, 3.05) is 19.0 Å². The first kappa shape index (κ1) is 22.9. The highest BCUT2D eigenvalue weighted by molar-refractivity contribution is 7.99. The van der Waals surface area contributed by atoms with Crippen molar-refractivity contribution >= 4 is 23.8 Å². The number of ether oxygens (including phenoxy) is 2. The van der Waals surface area contributed by atoms with Crippen LogP contribution >= 0.6 is 11.8 Å². The molecule has 0 aliphatic heterocycles. The molecule has 0 aliphatic carbocycles. The molecule has 0 fully saturated rings. The molecule has 29 heavy (non-hydrogen) atoms. The van der Waals surface area contributed by atoms with Crippen molar-refractivity contribution in [1.82, 2.24) is 0 Å². The van der Waals surface area contributed by atoms with Gasteiger partial charge in [0.25, 0.3) is 0 Å². The summed E-state index contributed by atoms with van der Waals surface area (Å²) < 4.78 is 47.9. The first-order chi connectivity index (χ1) is 13.8. The fourth-order valence-electron chi connectivity index (χ4n) is 2.46. The average Bonchev–Trinajstić information content (AvgIpc) is 2.67. The van der Waals surface area contributed by atoms with Crippen LogP contribution in [0.25, 0.3) is 6.08 Å². The van der Waals surface area contributed by atoms with Crippen LogP contribution in [0.3, 0.4) is 0 Å². The summed E-state index contributed by atoms with van der Waals surface area (Å²) in [6.45, 7) is 3.86. The van der Waals surface area contributed by atoms with E-state index in [1.807, 2.05) is 37.3 Å². The predicted molar refractivity (Wildman–Crippen MR) is 109 cm³/mol. The second kappa shape index (κ2) is 11.0. The Morgan fingerprint density at radius 3 is 2.48 bits per heavy atom. The van der Waals surface area contributed by atoms with E-state index >= 15 is 0 Å². The molecular weight excluding hydrogens is 401 g/mol. The van der Waals surface area contributed by atoms with Crippen molar-refractivity contribution < 1.29 is 27.4 Å². The molecule has 0 radical (unpaired) electrons. The normalized spacial score (nSPS) is 11.6. The topological polar surface area (TPSA) is 35.5 Å². The molecule has 0 heterocycles. The number of carbonyl (C=O) groups excluding carboxylic acids is 1. The minimum Gasteiger partial charge on any atom is -0.482 e. The van der Waals surface area contributed by atoms with Gasteiger partial charge in [0.05, 0.1) is 12.2 Å². The van der Waals surface area contributed by atoms with Gasteiger partial charge < -0.3 is 9.47 Å². The van der Waals surface area contributed by atoms with Gasteiger partial charge in [-0.2, -0.15) is 13.2 Å². The lowest BCUT2D eigenvalue weighted by molar-refractivity contribution is -0.145. The quantitative estimate of drug-likeness (QED) is 0.275. The Morgan fingerprint density at radius 1 is 1.14 bits per heavy atom. The zero-order valence-corrected chi connectivity index (χ0v) is 17.1. The molecule has 2 aromatic carbocycles. The van der Waals surface area contributed by atoms with Crippen molar-refractivity contribution in [1.29, 1.82) is 0 Å². The van der Waals surface area contributed by atoms with E-state index in [4.69, 9.17) is 9.47 Å². The van der Waals surface area contributed by atoms with E-state index in [-0.39, 0.29) is 6.61 Å². The van der Waals surface area contributed by atoms with Gasteiger partial charge in [-0.1, -0.05) is 24.3 Å². The van der Waals surface area contributed by atoms with E-state index < -0.39 is 17.7 Å². The molecule has 2 aromatic rings. The van der Waals surface area contributed by atoms with E-state index in [2.05, 4.69) is 0 Å². The van der Waals surface area contributed by atoms with Crippen LogP contribution in [0.5, 0.6) is 5.75 Å². The molecule has 7 heteroatoms. The summed E-state index contributed by atoms with van der Waals surface area (Å²) in [6.07, 6.45) is 0.236. The molecule has 0 aromatic heterocycles. The zero-order chi connectivity index (χ0) is 21.3. The molecule has 3 nitrogen and oxygen atoms in total. The summed E-state index contributed by atoms with van der Waals surface area (Å²) in [6, 6.07) is 10.8. The fraction of sp³-hybridized carbons (Fsp3) is 0.318. The molecule has 0 N–H and O–H groups in total. The second-order valence-electron chi connectivity index (χ2n) is 6.18. The summed E-state index contributed by atoms with van der Waals surface area (Å²) in [4.78, 5) is 12.4. The summed E-state index contributed by atoms with van der Waals surface area (Å²) in [5.74, 6) is 1.08. The molecule has 0 atom stereocenters. The van der Waals surface area contributed by atoms with Gasteiger partial charge in [0.2, 0.25) is 0 Å². The Bertz CT molecular complexity index is 830. The number of rotatable bonds is 9. The monoisotopic (exact) mass is 424 g/mol. The van der Waals surface area contributed by atoms with Crippen LogP contribution in [0.2, 0.25) is 0 Å². The van der Waals surface area contributed by atoms with Crippen molar-refractivity contribution in [3.05, 3.63) is 65.2 Å². The molecule has 0 unspecified atom stereocenters. The van der Waals surface area contributed by atoms with Crippen LogP contribution < -0.4 is 4.74 Å². The first-order valence-corrected chi connectivity index (χ1v) is 10.1. The third kappa shape index (κ3) is 7.85. The van der Waals surface area contributed by atoms with Gasteiger partial charge in [0.1, 0.15) is 5.75 Å². The second-order valence-corrected chi connectivity index (χ2v) is 7.35. The molecule has 0 saturated heterocycles. The van der Waals surface area contributed by atoms with Crippen molar-refractivity contribution in [3.8, 4) is 5.75 Å². The van der Waals surface area contributed by atoms with Crippen molar-refractivity contribution in [2.24, 2.45) is 0 Å². The number of allylic oxidation sites excluding steroid dienone is 1. The van der Waals surface area contributed by atoms with Crippen LogP contribution in [0.15, 0.2) is 53.4 Å². The highest BCUT2D eigenvalue weighted by Crippen LogP contribution is 2.29. The number of benzene rings is 2. The third-order valence-corrected chi connectivity index (χ3v) is 4.93. The number of halogens is 3. The minimum absolute atomic E-state index is 0.115. The Labute approximate surface area is 172 Å². The lowest BCUT2D eigenvalue weighted by atomic mass is 10.1. The van der Waals surface area contributed by atoms with Crippen LogP contribution in [0.4, 0.5) is 13.2 Å². The highest BCUT2D eigenvalue weighted by atomic mass is 32.2. The van der Waals surface area contributed by atoms with Crippen LogP contribution in [-0.4, -0.2) is 24.9 Å². The lowest BCUT2D eigenvalue weighted by Gasteiger charge is -2.10. The number of alkyl halides is 3. The van der Waals surface area contributed by atoms with E-state index in [9.17, 15) is 18.0 Å². The molecule has 2 rings (SSSR count). The SMILES string of the molecule is CCOC(=O)COc1ccc(SCCC=Cc2ccc(C(F)(F)F)cc2)cc1C. The summed E-state index contributed by atoms with van der Waals surface area (Å²) in [5, 5.41) is 0. The highest BCUT2D eigenvalue weighted by Gasteiger charge is 2.29. The number of thioether (sulfide) groups is 1. The molecule has 0 spiro atoms. The van der Waals surface area contributed by atoms with Crippen LogP contribution in [-0.2, 0) is 15.7 Å². The Kier molecular flexibility index (Phi) is 8.64. The summed E-state index contributed by atoms with van der Waals surface area (Å²) in [7, 11) is 0. The fourth-order valence-corrected chi connectivity index (χ4v) is 3.37. The smallest absolute Gasteiger partial charge is 0.416 e. The number of aryl methyl sites for hydroxylation is 1. The van der Waals surface area contributed by atoms with Gasteiger partial charge in [-0.05, 0) is 61.7 Å². The Hall–Kier alpha value is -2.41. The predicted octanol–water partition coefficient (Wildman–Crippen LogP) is 6.15.